The van der Waals surface area contributed by atoms with E-state index >= 15 is 0 Å². The molecule has 3 aromatic rings. The van der Waals surface area contributed by atoms with Crippen LogP contribution in [0, 0.1) is 5.41 Å². The first-order chi connectivity index (χ1) is 16.5. The van der Waals surface area contributed by atoms with Crippen molar-refractivity contribution in [1.29, 1.82) is 0 Å². The number of pyridine rings is 1. The number of aromatic nitrogens is 1. The van der Waals surface area contributed by atoms with Crippen LogP contribution in [-0.2, 0) is 22.3 Å². The fourth-order valence-corrected chi connectivity index (χ4v) is 4.77. The monoisotopic (exact) mass is 497 g/mol. The summed E-state index contributed by atoms with van der Waals surface area (Å²) in [5.74, 6) is 1.29. The van der Waals surface area contributed by atoms with Crippen LogP contribution in [0.2, 0.25) is 0 Å². The highest BCUT2D eigenvalue weighted by molar-refractivity contribution is 7.57. The Morgan fingerprint density at radius 2 is 1.80 bits per heavy atom. The summed E-state index contributed by atoms with van der Waals surface area (Å²) < 4.78 is 29.0. The number of hydrogen-bond acceptors (Lipinski definition) is 5. The van der Waals surface area contributed by atoms with Crippen molar-refractivity contribution in [2.24, 2.45) is 5.41 Å². The molecule has 0 fully saturated rings. The van der Waals surface area contributed by atoms with Crippen LogP contribution < -0.4 is 9.47 Å². The molecule has 1 unspecified atom stereocenters. The quantitative estimate of drug-likeness (QED) is 0.322. The first-order valence-corrected chi connectivity index (χ1v) is 14.0. The Morgan fingerprint density at radius 1 is 1.03 bits per heavy atom. The number of rotatable bonds is 10. The molecule has 0 radical (unpaired) electrons. The van der Waals surface area contributed by atoms with E-state index in [9.17, 15) is 9.46 Å². The van der Waals surface area contributed by atoms with Crippen molar-refractivity contribution in [3.63, 3.8) is 0 Å². The highest BCUT2D eigenvalue weighted by Crippen LogP contribution is 2.41. The van der Waals surface area contributed by atoms with Gasteiger partial charge < -0.3 is 19.1 Å². The lowest BCUT2D eigenvalue weighted by atomic mass is 9.81. The minimum Gasteiger partial charge on any atom is -0.497 e. The maximum absolute atomic E-state index is 11.6. The predicted molar refractivity (Wildman–Crippen MR) is 141 cm³/mol. The third-order valence-corrected chi connectivity index (χ3v) is 6.86. The molecule has 1 aromatic heterocycles. The van der Waals surface area contributed by atoms with Crippen molar-refractivity contribution in [3.8, 4) is 22.8 Å². The molecule has 2 atom stereocenters. The molecule has 0 spiro atoms. The van der Waals surface area contributed by atoms with Gasteiger partial charge in [-0.2, -0.15) is 0 Å². The Labute approximate surface area is 208 Å². The summed E-state index contributed by atoms with van der Waals surface area (Å²) in [5.41, 5.74) is 5.03. The van der Waals surface area contributed by atoms with E-state index in [-0.39, 0.29) is 17.7 Å². The summed E-state index contributed by atoms with van der Waals surface area (Å²) in [7, 11) is 0.351. The first kappa shape index (κ1) is 26.9. The smallest absolute Gasteiger partial charge is 0.213 e. The molecule has 0 saturated carbocycles. The highest BCUT2D eigenvalue weighted by Gasteiger charge is 2.29. The molecule has 188 valence electrons. The molecule has 1 heterocycles. The first-order valence-electron chi connectivity index (χ1n) is 11.7. The van der Waals surface area contributed by atoms with Gasteiger partial charge in [-0.25, -0.2) is 4.98 Å². The molecular weight excluding hydrogens is 461 g/mol. The van der Waals surface area contributed by atoms with Gasteiger partial charge in [0.15, 0.2) is 7.37 Å². The molecule has 0 saturated heterocycles. The summed E-state index contributed by atoms with van der Waals surface area (Å²) in [6.07, 6.45) is 2.27. The SMILES string of the molecule is COc1cccc(-c2ccc(COc3cc(CCP(C)(=O)O)ccn3)cc2[C@@H](OC)C(C)(C)C)c1. The van der Waals surface area contributed by atoms with Crippen molar-refractivity contribution >= 4 is 7.37 Å². The Bertz CT molecular complexity index is 1180. The summed E-state index contributed by atoms with van der Waals surface area (Å²) in [5, 5.41) is 0. The Hall–Kier alpha value is -2.66. The Kier molecular flexibility index (Phi) is 8.76. The van der Waals surface area contributed by atoms with E-state index in [0.717, 1.165) is 33.6 Å². The van der Waals surface area contributed by atoms with Gasteiger partial charge in [-0.05, 0) is 63.9 Å². The Morgan fingerprint density at radius 3 is 2.46 bits per heavy atom. The zero-order valence-electron chi connectivity index (χ0n) is 21.4. The molecular formula is C28H36NO5P. The van der Waals surface area contributed by atoms with Crippen molar-refractivity contribution in [2.45, 2.75) is 39.9 Å². The minimum atomic E-state index is -3.06. The van der Waals surface area contributed by atoms with Crippen LogP contribution in [-0.4, -0.2) is 36.9 Å². The maximum Gasteiger partial charge on any atom is 0.213 e. The van der Waals surface area contributed by atoms with Crippen LogP contribution in [0.5, 0.6) is 11.6 Å². The Balaban J connectivity index is 1.89. The van der Waals surface area contributed by atoms with E-state index < -0.39 is 7.37 Å². The van der Waals surface area contributed by atoms with Gasteiger partial charge in [-0.1, -0.05) is 45.0 Å². The van der Waals surface area contributed by atoms with E-state index in [1.54, 1.807) is 20.4 Å². The van der Waals surface area contributed by atoms with Crippen molar-refractivity contribution in [3.05, 3.63) is 77.5 Å². The zero-order chi connectivity index (χ0) is 25.6. The molecule has 0 amide bonds. The summed E-state index contributed by atoms with van der Waals surface area (Å²) in [4.78, 5) is 13.9. The van der Waals surface area contributed by atoms with Gasteiger partial charge in [0, 0.05) is 32.2 Å². The predicted octanol–water partition coefficient (Wildman–Crippen LogP) is 6.51. The van der Waals surface area contributed by atoms with Crippen molar-refractivity contribution < 1.29 is 23.7 Å². The van der Waals surface area contributed by atoms with Crippen molar-refractivity contribution in [2.75, 3.05) is 27.0 Å². The van der Waals surface area contributed by atoms with E-state index in [0.29, 0.717) is 18.9 Å². The fourth-order valence-electron chi connectivity index (χ4n) is 4.10. The van der Waals surface area contributed by atoms with Crippen LogP contribution in [0.1, 0.15) is 43.6 Å². The molecule has 0 aliphatic carbocycles. The van der Waals surface area contributed by atoms with Crippen LogP contribution in [0.4, 0.5) is 0 Å². The molecule has 3 rings (SSSR count). The minimum absolute atomic E-state index is 0.122. The summed E-state index contributed by atoms with van der Waals surface area (Å²) >= 11 is 0. The third kappa shape index (κ3) is 7.66. The fraction of sp³-hybridized carbons (Fsp3) is 0.393. The average Bonchev–Trinajstić information content (AvgIpc) is 2.81. The lowest BCUT2D eigenvalue weighted by Crippen LogP contribution is -2.21. The zero-order valence-corrected chi connectivity index (χ0v) is 22.3. The van der Waals surface area contributed by atoms with Crippen LogP contribution in [0.3, 0.4) is 0 Å². The topological polar surface area (TPSA) is 77.9 Å². The lowest BCUT2D eigenvalue weighted by molar-refractivity contribution is 0.0155. The highest BCUT2D eigenvalue weighted by atomic mass is 31.2. The summed E-state index contributed by atoms with van der Waals surface area (Å²) in [6.45, 7) is 8.21. The second kappa shape index (κ2) is 11.4. The normalized spacial score (nSPS) is 14.3. The van der Waals surface area contributed by atoms with Gasteiger partial charge in [0.1, 0.15) is 12.4 Å². The van der Waals surface area contributed by atoms with Crippen LogP contribution in [0.25, 0.3) is 11.1 Å². The molecule has 6 nitrogen and oxygen atoms in total. The number of hydrogen-bond donors (Lipinski definition) is 1. The van der Waals surface area contributed by atoms with Crippen LogP contribution >= 0.6 is 7.37 Å². The molecule has 7 heteroatoms. The summed E-state index contributed by atoms with van der Waals surface area (Å²) in [6, 6.07) is 18.0. The van der Waals surface area contributed by atoms with E-state index in [1.165, 1.54) is 6.66 Å². The van der Waals surface area contributed by atoms with Crippen LogP contribution in [0.15, 0.2) is 60.8 Å². The van der Waals surface area contributed by atoms with Gasteiger partial charge in [0.2, 0.25) is 5.88 Å². The lowest BCUT2D eigenvalue weighted by Gasteiger charge is -2.32. The second-order valence-electron chi connectivity index (χ2n) is 9.95. The van der Waals surface area contributed by atoms with Gasteiger partial charge in [-0.15, -0.1) is 0 Å². The standard InChI is InChI=1S/C28H36NO5P/c1-28(2,3)27(33-5)25-16-21(10-11-24(25)22-8-7-9-23(18-22)32-4)19-34-26-17-20(12-14-29-26)13-15-35(6,30)31/h7-12,14,16-18,27H,13,15,19H2,1-6H3,(H,30,31)/t27-/m1/s1. The van der Waals surface area contributed by atoms with Gasteiger partial charge in [0.05, 0.1) is 13.2 Å². The maximum atomic E-state index is 11.6. The average molecular weight is 498 g/mol. The largest absolute Gasteiger partial charge is 0.497 e. The number of benzene rings is 2. The van der Waals surface area contributed by atoms with Gasteiger partial charge in [0.25, 0.3) is 0 Å². The molecule has 0 aliphatic rings. The second-order valence-corrected chi connectivity index (χ2v) is 12.5. The van der Waals surface area contributed by atoms with Gasteiger partial charge in [-0.3, -0.25) is 4.57 Å². The molecule has 2 aromatic carbocycles. The number of methoxy groups -OCH3 is 2. The van der Waals surface area contributed by atoms with Gasteiger partial charge >= 0.3 is 0 Å². The number of ether oxygens (including phenoxy) is 3. The number of nitrogens with zero attached hydrogens (tertiary/aromatic N) is 1. The molecule has 1 N–H and O–H groups in total. The molecule has 35 heavy (non-hydrogen) atoms. The van der Waals surface area contributed by atoms with E-state index in [4.69, 9.17) is 14.2 Å². The molecule has 0 aliphatic heterocycles. The number of aryl methyl sites for hydroxylation is 1. The van der Waals surface area contributed by atoms with E-state index in [2.05, 4.69) is 50.0 Å². The van der Waals surface area contributed by atoms with Crippen molar-refractivity contribution in [1.82, 2.24) is 4.98 Å². The van der Waals surface area contributed by atoms with E-state index in [1.807, 2.05) is 30.3 Å². The third-order valence-electron chi connectivity index (χ3n) is 5.80. The molecule has 0 bridgehead atoms.